The molecule has 4 heteroatoms. The molecule has 2 heterocycles. The molecule has 3 rings (SSSR count). The highest BCUT2D eigenvalue weighted by atomic mass is 16.2. The Bertz CT molecular complexity index is 550. The molecule has 0 bridgehead atoms. The fourth-order valence-corrected chi connectivity index (χ4v) is 3.93. The topological polar surface area (TPSA) is 40.6 Å². The average molecular weight is 314 g/mol. The molecule has 2 atom stereocenters. The van der Waals surface area contributed by atoms with E-state index in [1.54, 1.807) is 4.90 Å². The zero-order valence-electron chi connectivity index (χ0n) is 13.9. The molecular weight excluding hydrogens is 288 g/mol. The van der Waals surface area contributed by atoms with Gasteiger partial charge in [-0.1, -0.05) is 43.2 Å². The van der Waals surface area contributed by atoms with Gasteiger partial charge in [0.1, 0.15) is 0 Å². The van der Waals surface area contributed by atoms with Gasteiger partial charge in [0.25, 0.3) is 0 Å². The van der Waals surface area contributed by atoms with Crippen molar-refractivity contribution in [3.8, 4) is 0 Å². The van der Waals surface area contributed by atoms with Gasteiger partial charge >= 0.3 is 0 Å². The van der Waals surface area contributed by atoms with Crippen molar-refractivity contribution in [2.45, 2.75) is 44.6 Å². The predicted octanol–water partition coefficient (Wildman–Crippen LogP) is 3.00. The van der Waals surface area contributed by atoms with Gasteiger partial charge in [0, 0.05) is 26.6 Å². The Kier molecular flexibility index (Phi) is 4.99. The number of piperidine rings is 1. The van der Waals surface area contributed by atoms with E-state index in [0.717, 1.165) is 31.5 Å². The Morgan fingerprint density at radius 3 is 2.35 bits per heavy atom. The van der Waals surface area contributed by atoms with Crippen molar-refractivity contribution in [2.24, 2.45) is 5.92 Å². The smallest absolute Gasteiger partial charge is 0.228 e. The monoisotopic (exact) mass is 314 g/mol. The molecule has 1 aromatic carbocycles. The van der Waals surface area contributed by atoms with E-state index in [1.807, 2.05) is 42.3 Å². The van der Waals surface area contributed by atoms with Crippen LogP contribution in [0.25, 0.3) is 0 Å². The fourth-order valence-electron chi connectivity index (χ4n) is 3.93. The van der Waals surface area contributed by atoms with Crippen LogP contribution in [0.1, 0.15) is 50.1 Å². The quantitative estimate of drug-likeness (QED) is 0.842. The maximum Gasteiger partial charge on any atom is 0.228 e. The lowest BCUT2D eigenvalue weighted by molar-refractivity contribution is -0.146. The normalized spacial score (nSPS) is 26.0. The van der Waals surface area contributed by atoms with Crippen molar-refractivity contribution in [3.05, 3.63) is 35.9 Å². The highest BCUT2D eigenvalue weighted by molar-refractivity contribution is 5.85. The van der Waals surface area contributed by atoms with Crippen LogP contribution in [0.2, 0.25) is 0 Å². The summed E-state index contributed by atoms with van der Waals surface area (Å²) in [5, 5.41) is 0. The minimum atomic E-state index is -0.131. The molecule has 4 nitrogen and oxygen atoms in total. The number of rotatable bonds is 2. The molecule has 1 aromatic rings. The summed E-state index contributed by atoms with van der Waals surface area (Å²) in [5.74, 6) is 0.261. The van der Waals surface area contributed by atoms with E-state index in [9.17, 15) is 9.59 Å². The molecular formula is C19H26N2O2. The van der Waals surface area contributed by atoms with Gasteiger partial charge in [-0.25, -0.2) is 0 Å². The largest absolute Gasteiger partial charge is 0.342 e. The first kappa shape index (κ1) is 16.0. The lowest BCUT2D eigenvalue weighted by atomic mass is 9.83. The van der Waals surface area contributed by atoms with E-state index >= 15 is 0 Å². The zero-order chi connectivity index (χ0) is 16.2. The molecule has 0 aromatic heterocycles. The van der Waals surface area contributed by atoms with Crippen LogP contribution in [0.3, 0.4) is 0 Å². The van der Waals surface area contributed by atoms with Gasteiger partial charge in [0.2, 0.25) is 11.8 Å². The number of hydrogen-bond donors (Lipinski definition) is 0. The summed E-state index contributed by atoms with van der Waals surface area (Å²) in [6.07, 6.45) is 5.78. The summed E-state index contributed by atoms with van der Waals surface area (Å²) in [4.78, 5) is 29.1. The Hall–Kier alpha value is -1.84. The van der Waals surface area contributed by atoms with Crippen LogP contribution in [-0.2, 0) is 9.59 Å². The van der Waals surface area contributed by atoms with Crippen LogP contribution in [0.5, 0.6) is 0 Å². The standard InChI is InChI=1S/C19H26N2O2/c1-20-17(22)12-11-16(18(20)15-9-5-4-6-10-15)19(23)21-13-7-2-3-8-14-21/h4-6,9-10,16,18H,2-3,7-8,11-14H2,1H3/t16-,18-/m0/s1. The maximum absolute atomic E-state index is 13.1. The molecule has 2 aliphatic heterocycles. The Labute approximate surface area is 138 Å². The van der Waals surface area contributed by atoms with Crippen molar-refractivity contribution >= 4 is 11.8 Å². The summed E-state index contributed by atoms with van der Waals surface area (Å²) >= 11 is 0. The van der Waals surface area contributed by atoms with Crippen molar-refractivity contribution in [1.29, 1.82) is 0 Å². The maximum atomic E-state index is 13.1. The van der Waals surface area contributed by atoms with E-state index in [0.29, 0.717) is 12.8 Å². The summed E-state index contributed by atoms with van der Waals surface area (Å²) in [6.45, 7) is 1.74. The van der Waals surface area contributed by atoms with Crippen LogP contribution < -0.4 is 0 Å². The fraction of sp³-hybridized carbons (Fsp3) is 0.579. The van der Waals surface area contributed by atoms with Crippen LogP contribution in [0.15, 0.2) is 30.3 Å². The summed E-state index contributed by atoms with van der Waals surface area (Å²) in [5.41, 5.74) is 1.07. The second-order valence-electron chi connectivity index (χ2n) is 6.74. The van der Waals surface area contributed by atoms with Crippen LogP contribution in [0, 0.1) is 5.92 Å². The molecule has 0 aliphatic carbocycles. The lowest BCUT2D eigenvalue weighted by Gasteiger charge is -2.40. The van der Waals surface area contributed by atoms with Gasteiger partial charge in [0.15, 0.2) is 0 Å². The minimum absolute atomic E-state index is 0.113. The highest BCUT2D eigenvalue weighted by Gasteiger charge is 2.40. The molecule has 2 amide bonds. The third-order valence-electron chi connectivity index (χ3n) is 5.24. The first-order chi connectivity index (χ1) is 11.2. The second kappa shape index (κ2) is 7.16. The van der Waals surface area contributed by atoms with Gasteiger partial charge in [-0.2, -0.15) is 0 Å². The van der Waals surface area contributed by atoms with Gasteiger partial charge < -0.3 is 9.80 Å². The molecule has 2 aliphatic rings. The molecule has 124 valence electrons. The van der Waals surface area contributed by atoms with Gasteiger partial charge in [-0.15, -0.1) is 0 Å². The summed E-state index contributed by atoms with van der Waals surface area (Å²) in [6, 6.07) is 9.86. The second-order valence-corrected chi connectivity index (χ2v) is 6.74. The van der Waals surface area contributed by atoms with Crippen molar-refractivity contribution < 1.29 is 9.59 Å². The molecule has 0 saturated carbocycles. The van der Waals surface area contributed by atoms with Crippen molar-refractivity contribution in [1.82, 2.24) is 9.80 Å². The van der Waals surface area contributed by atoms with Crippen LogP contribution in [-0.4, -0.2) is 41.8 Å². The number of carbonyl (C=O) groups excluding carboxylic acids is 2. The lowest BCUT2D eigenvalue weighted by Crippen LogP contribution is -2.47. The van der Waals surface area contributed by atoms with E-state index in [1.165, 1.54) is 12.8 Å². The predicted molar refractivity (Wildman–Crippen MR) is 89.7 cm³/mol. The Morgan fingerprint density at radius 1 is 1.04 bits per heavy atom. The summed E-state index contributed by atoms with van der Waals surface area (Å²) < 4.78 is 0. The summed E-state index contributed by atoms with van der Waals surface area (Å²) in [7, 11) is 1.84. The van der Waals surface area contributed by atoms with E-state index < -0.39 is 0 Å². The number of benzene rings is 1. The molecule has 23 heavy (non-hydrogen) atoms. The molecule has 2 saturated heterocycles. The highest BCUT2D eigenvalue weighted by Crippen LogP contribution is 2.37. The van der Waals surface area contributed by atoms with Crippen molar-refractivity contribution in [3.63, 3.8) is 0 Å². The SMILES string of the molecule is CN1C(=O)CC[C@H](C(=O)N2CCCCCC2)[C@@H]1c1ccccc1. The first-order valence-electron chi connectivity index (χ1n) is 8.78. The van der Waals surface area contributed by atoms with E-state index in [2.05, 4.69) is 0 Å². The Balaban J connectivity index is 1.85. The van der Waals surface area contributed by atoms with E-state index in [4.69, 9.17) is 0 Å². The number of carbonyl (C=O) groups is 2. The number of hydrogen-bond acceptors (Lipinski definition) is 2. The van der Waals surface area contributed by atoms with Crippen LogP contribution >= 0.6 is 0 Å². The van der Waals surface area contributed by atoms with Gasteiger partial charge in [0.05, 0.1) is 12.0 Å². The molecule has 0 N–H and O–H groups in total. The molecule has 0 radical (unpaired) electrons. The molecule has 0 unspecified atom stereocenters. The van der Waals surface area contributed by atoms with Crippen LogP contribution in [0.4, 0.5) is 0 Å². The van der Waals surface area contributed by atoms with E-state index in [-0.39, 0.29) is 23.8 Å². The average Bonchev–Trinajstić information content (AvgIpc) is 2.86. The minimum Gasteiger partial charge on any atom is -0.342 e. The number of amides is 2. The molecule has 0 spiro atoms. The van der Waals surface area contributed by atoms with Gasteiger partial charge in [-0.3, -0.25) is 9.59 Å². The first-order valence-corrected chi connectivity index (χ1v) is 8.78. The van der Waals surface area contributed by atoms with Crippen molar-refractivity contribution in [2.75, 3.05) is 20.1 Å². The third-order valence-corrected chi connectivity index (χ3v) is 5.24. The number of likely N-dealkylation sites (tertiary alicyclic amines) is 2. The molecule has 2 fully saturated rings. The van der Waals surface area contributed by atoms with Gasteiger partial charge in [-0.05, 0) is 24.8 Å². The third kappa shape index (κ3) is 3.41. The Morgan fingerprint density at radius 2 is 1.70 bits per heavy atom. The zero-order valence-corrected chi connectivity index (χ0v) is 13.9. The number of nitrogens with zero attached hydrogens (tertiary/aromatic N) is 2.